The van der Waals surface area contributed by atoms with Crippen molar-refractivity contribution < 1.29 is 12.7 Å². The van der Waals surface area contributed by atoms with Crippen LogP contribution < -0.4 is 10.6 Å². The van der Waals surface area contributed by atoms with E-state index >= 15 is 0 Å². The maximum absolute atomic E-state index is 7.00. The average Bonchev–Trinajstić information content (AvgIpc) is 2.54. The molecule has 3 N–H and O–H groups in total. The summed E-state index contributed by atoms with van der Waals surface area (Å²) in [6, 6.07) is 2.35. The Morgan fingerprint density at radius 2 is 0.880 bits per heavy atom. The highest BCUT2D eigenvalue weighted by atomic mass is 16.4. The summed E-state index contributed by atoms with van der Waals surface area (Å²) in [5.41, 5.74) is 0. The van der Waals surface area contributed by atoms with E-state index in [9.17, 15) is 0 Å². The molecule has 0 fully saturated rings. The number of likely N-dealkylation sites (N-methyl/N-ethyl adjacent to an activating group) is 4. The number of nitrogens with one attached hydrogen (secondary N) is 2. The summed E-state index contributed by atoms with van der Waals surface area (Å²) in [6.07, 6.45) is 0. The van der Waals surface area contributed by atoms with Gasteiger partial charge in [-0.15, -0.1) is 0 Å². The Morgan fingerprint density at radius 3 is 0.920 bits per heavy atom. The molecule has 0 heterocycles. The number of ether oxygens (including phenoxy) is 1. The molecule has 0 aliphatic carbocycles. The zero-order valence-corrected chi connectivity index (χ0v) is 19.2. The molecule has 0 amide bonds. The molecule has 8 heteroatoms. The number of methoxy groups -OCH3 is 1. The third-order valence-corrected chi connectivity index (χ3v) is 3.99. The predicted molar refractivity (Wildman–Crippen MR) is 120 cm³/mol. The standard InChI is InChI=1S/2C7H18N2.C2H6O.CH4O.2B.2H2/c2*1-6(8-3)7(2)9(4)5;1-3-2;1-2;;;;/h2*6-8H,1-5H3;1-2H3;2H,1H3;;;2*1H/i;;;;;;2*1+1. The number of hydrogen-bond acceptors (Lipinski definition) is 6. The van der Waals surface area contributed by atoms with Crippen LogP contribution in [-0.4, -0.2) is 120 Å². The van der Waals surface area contributed by atoms with Gasteiger partial charge in [-0.2, -0.15) is 0 Å². The first kappa shape index (κ1) is 39.8. The molecule has 25 heavy (non-hydrogen) atoms. The highest BCUT2D eigenvalue weighted by Gasteiger charge is 2.11. The highest BCUT2D eigenvalue weighted by molar-refractivity contribution is 5.76. The zero-order chi connectivity index (χ0) is 19.6. The fourth-order valence-electron chi connectivity index (χ4n) is 1.38. The Labute approximate surface area is 166 Å². The van der Waals surface area contributed by atoms with Crippen LogP contribution in [0.15, 0.2) is 0 Å². The van der Waals surface area contributed by atoms with Crippen LogP contribution in [-0.2, 0) is 4.74 Å². The van der Waals surface area contributed by atoms with E-state index in [-0.39, 0.29) is 19.7 Å². The minimum atomic E-state index is 0. The van der Waals surface area contributed by atoms with Gasteiger partial charge in [-0.25, -0.2) is 0 Å². The normalized spacial score (nSPS) is 13.9. The van der Waals surface area contributed by atoms with Crippen molar-refractivity contribution in [2.24, 2.45) is 0 Å². The fourth-order valence-corrected chi connectivity index (χ4v) is 1.38. The largest absolute Gasteiger partial charge is 0.400 e. The molecule has 0 saturated carbocycles. The first-order valence-corrected chi connectivity index (χ1v) is 8.12. The van der Waals surface area contributed by atoms with Crippen molar-refractivity contribution in [3.63, 3.8) is 0 Å². The Balaban J connectivity index is -0.0000000321. The van der Waals surface area contributed by atoms with Gasteiger partial charge < -0.3 is 30.3 Å². The van der Waals surface area contributed by atoms with Crippen molar-refractivity contribution in [2.75, 3.05) is 63.6 Å². The third-order valence-electron chi connectivity index (χ3n) is 3.99. The topological polar surface area (TPSA) is 60.0 Å². The van der Waals surface area contributed by atoms with Crippen molar-refractivity contribution in [3.05, 3.63) is 0 Å². The molecule has 4 unspecified atom stereocenters. The lowest BCUT2D eigenvalue weighted by Crippen LogP contribution is -2.41. The van der Waals surface area contributed by atoms with Gasteiger partial charge in [0, 0.05) is 65.2 Å². The average molecular weight is 366 g/mol. The second-order valence-electron chi connectivity index (χ2n) is 5.97. The zero-order valence-electron chi connectivity index (χ0n) is 19.2. The Hall–Kier alpha value is -0.110. The predicted octanol–water partition coefficient (Wildman–Crippen LogP) is 0.690. The second-order valence-corrected chi connectivity index (χ2v) is 5.97. The van der Waals surface area contributed by atoms with Crippen molar-refractivity contribution in [2.45, 2.75) is 51.9 Å². The van der Waals surface area contributed by atoms with Crippen molar-refractivity contribution in [1.29, 1.82) is 0 Å². The number of nitrogens with zero attached hydrogens (tertiary/aromatic N) is 2. The molecule has 156 valence electrons. The van der Waals surface area contributed by atoms with Gasteiger partial charge in [-0.1, -0.05) is 0 Å². The second kappa shape index (κ2) is 28.7. The summed E-state index contributed by atoms with van der Waals surface area (Å²) in [5.74, 6) is 0. The number of rotatable bonds is 6. The molecule has 0 aliphatic rings. The van der Waals surface area contributed by atoms with E-state index in [2.05, 4.69) is 81.1 Å². The van der Waals surface area contributed by atoms with Crippen LogP contribution in [0, 0.1) is 0 Å². The Bertz CT molecular complexity index is 205. The summed E-state index contributed by atoms with van der Waals surface area (Å²) in [6.45, 7) is 8.79. The molecule has 0 aliphatic heterocycles. The monoisotopic (exact) mass is 366 g/mol. The van der Waals surface area contributed by atoms with E-state index in [4.69, 9.17) is 5.11 Å². The van der Waals surface area contributed by atoms with Crippen LogP contribution in [0.2, 0.25) is 0 Å². The molecular formula is C17H50B2N4O2. The van der Waals surface area contributed by atoms with Crippen LogP contribution in [0.25, 0.3) is 0 Å². The van der Waals surface area contributed by atoms with Gasteiger partial charge in [0.25, 0.3) is 0 Å². The van der Waals surface area contributed by atoms with Crippen LogP contribution in [0.4, 0.5) is 0 Å². The molecule has 0 aromatic heterocycles. The lowest BCUT2D eigenvalue weighted by atomic mass is 10.1. The minimum Gasteiger partial charge on any atom is -0.400 e. The van der Waals surface area contributed by atoms with E-state index in [0.717, 1.165) is 7.11 Å². The maximum atomic E-state index is 7.00. The van der Waals surface area contributed by atoms with Crippen molar-refractivity contribution in [1.82, 2.24) is 20.4 Å². The number of aliphatic hydroxyl groups excluding tert-OH is 1. The molecular weight excluding hydrogens is 314 g/mol. The maximum Gasteiger partial charge on any atom is 0.0351 e. The van der Waals surface area contributed by atoms with Crippen LogP contribution >= 0.6 is 0 Å². The van der Waals surface area contributed by atoms with Crippen LogP contribution in [0.5, 0.6) is 0 Å². The minimum absolute atomic E-state index is 0. The van der Waals surface area contributed by atoms with Gasteiger partial charge >= 0.3 is 0 Å². The summed E-state index contributed by atoms with van der Waals surface area (Å²) in [4.78, 5) is 4.42. The van der Waals surface area contributed by atoms with E-state index in [1.165, 1.54) is 0 Å². The van der Waals surface area contributed by atoms with Gasteiger partial charge in [0.1, 0.15) is 0 Å². The highest BCUT2D eigenvalue weighted by Crippen LogP contribution is 1.97. The summed E-state index contributed by atoms with van der Waals surface area (Å²) < 4.78 is 4.25. The van der Waals surface area contributed by atoms with Gasteiger partial charge in [0.2, 0.25) is 0 Å². The van der Waals surface area contributed by atoms with Crippen molar-refractivity contribution >= 4 is 16.8 Å². The molecule has 6 radical (unpaired) electrons. The van der Waals surface area contributed by atoms with E-state index < -0.39 is 0 Å². The smallest absolute Gasteiger partial charge is 0.0351 e. The molecule has 6 nitrogen and oxygen atoms in total. The van der Waals surface area contributed by atoms with Gasteiger partial charge in [0.15, 0.2) is 0 Å². The van der Waals surface area contributed by atoms with E-state index in [0.29, 0.717) is 24.2 Å². The quantitative estimate of drug-likeness (QED) is 0.602. The molecule has 0 rings (SSSR count). The Morgan fingerprint density at radius 1 is 0.720 bits per heavy atom. The molecule has 0 spiro atoms. The van der Waals surface area contributed by atoms with Crippen LogP contribution in [0.3, 0.4) is 0 Å². The molecule has 0 saturated heterocycles. The van der Waals surface area contributed by atoms with Crippen LogP contribution in [0.1, 0.15) is 30.5 Å². The van der Waals surface area contributed by atoms with Gasteiger partial charge in [-0.05, 0) is 70.0 Å². The first-order chi connectivity index (χ1) is 10.6. The molecule has 0 aromatic rings. The fraction of sp³-hybridized carbons (Fsp3) is 1.00. The summed E-state index contributed by atoms with van der Waals surface area (Å²) in [5, 5.41) is 13.4. The molecule has 0 bridgehead atoms. The number of hydrogen-bond donors (Lipinski definition) is 3. The summed E-state index contributed by atoms with van der Waals surface area (Å²) >= 11 is 0. The molecule has 0 aromatic carbocycles. The third kappa shape index (κ3) is 28.9. The van der Waals surface area contributed by atoms with Gasteiger partial charge in [-0.3, -0.25) is 0 Å². The first-order valence-electron chi connectivity index (χ1n) is 8.12. The van der Waals surface area contributed by atoms with Gasteiger partial charge in [0.05, 0.1) is 0 Å². The molecule has 4 atom stereocenters. The number of aliphatic hydroxyl groups is 1. The Kier molecular flexibility index (Phi) is 45.7. The lowest BCUT2D eigenvalue weighted by Gasteiger charge is -2.25. The van der Waals surface area contributed by atoms with E-state index in [1.54, 1.807) is 14.2 Å². The van der Waals surface area contributed by atoms with E-state index in [1.807, 2.05) is 14.1 Å². The summed E-state index contributed by atoms with van der Waals surface area (Å²) in [7, 11) is 16.6. The SMILES string of the molecule is CNC(C)C(C)N(C)C.CNC(C)C(C)N(C)C.CO.COC.[2HH].[2HH].[B].[B]. The lowest BCUT2D eigenvalue weighted by molar-refractivity contribution is 0.262. The van der Waals surface area contributed by atoms with Crippen molar-refractivity contribution in [3.8, 4) is 0 Å².